The van der Waals surface area contributed by atoms with Gasteiger partial charge in [-0.25, -0.2) is 4.98 Å². The molecule has 0 aliphatic heterocycles. The molecule has 0 atom stereocenters. The Labute approximate surface area is 120 Å². The van der Waals surface area contributed by atoms with Gasteiger partial charge in [-0.05, 0) is 36.8 Å². The molecule has 0 bridgehead atoms. The Hall–Kier alpha value is -2.23. The van der Waals surface area contributed by atoms with Crippen LogP contribution >= 0.6 is 0 Å². The Morgan fingerprint density at radius 1 is 1.20 bits per heavy atom. The number of hydrogen-bond acceptors (Lipinski definition) is 4. The number of anilines is 2. The molecule has 0 saturated carbocycles. The van der Waals surface area contributed by atoms with E-state index >= 15 is 0 Å². The number of nitrogen functional groups attached to an aromatic ring is 1. The summed E-state index contributed by atoms with van der Waals surface area (Å²) >= 11 is 0. The lowest BCUT2D eigenvalue weighted by atomic mass is 10.2. The smallest absolute Gasteiger partial charge is 0.218 e. The fraction of sp³-hybridized carbons (Fsp3) is 0.312. The molecule has 1 aromatic carbocycles. The number of aromatic nitrogens is 1. The normalized spacial score (nSPS) is 10.3. The maximum atomic E-state index is 5.75. The Morgan fingerprint density at radius 3 is 2.60 bits per heavy atom. The van der Waals surface area contributed by atoms with Crippen LogP contribution in [0.15, 0.2) is 42.6 Å². The van der Waals surface area contributed by atoms with E-state index in [0.717, 1.165) is 36.4 Å². The molecule has 2 N–H and O–H groups in total. The molecule has 4 nitrogen and oxygen atoms in total. The van der Waals surface area contributed by atoms with Gasteiger partial charge in [0.1, 0.15) is 0 Å². The lowest BCUT2D eigenvalue weighted by Crippen LogP contribution is -2.23. The van der Waals surface area contributed by atoms with Gasteiger partial charge in [0.15, 0.2) is 0 Å². The van der Waals surface area contributed by atoms with E-state index in [1.165, 1.54) is 0 Å². The van der Waals surface area contributed by atoms with E-state index in [1.807, 2.05) is 36.4 Å². The molecule has 4 heteroatoms. The zero-order chi connectivity index (χ0) is 14.4. The van der Waals surface area contributed by atoms with E-state index in [2.05, 4.69) is 16.8 Å². The molecule has 0 radical (unpaired) electrons. The van der Waals surface area contributed by atoms with Crippen LogP contribution in [0.2, 0.25) is 0 Å². The minimum absolute atomic E-state index is 0.684. The quantitative estimate of drug-likeness (QED) is 0.820. The Balaban J connectivity index is 2.23. The average molecular weight is 271 g/mol. The first kappa shape index (κ1) is 14.2. The van der Waals surface area contributed by atoms with E-state index in [4.69, 9.17) is 10.5 Å². The SMILES string of the molecule is CCCN(Cc1cccnc1OC)c1ccc(N)cc1. The van der Waals surface area contributed by atoms with Crippen molar-refractivity contribution < 1.29 is 4.74 Å². The fourth-order valence-electron chi connectivity index (χ4n) is 2.19. The van der Waals surface area contributed by atoms with Gasteiger partial charge in [-0.3, -0.25) is 0 Å². The second-order valence-corrected chi connectivity index (χ2v) is 4.68. The van der Waals surface area contributed by atoms with Crippen LogP contribution in [-0.4, -0.2) is 18.6 Å². The van der Waals surface area contributed by atoms with Gasteiger partial charge in [-0.15, -0.1) is 0 Å². The first-order valence-electron chi connectivity index (χ1n) is 6.83. The summed E-state index contributed by atoms with van der Waals surface area (Å²) in [6.07, 6.45) is 2.82. The molecule has 0 amide bonds. The van der Waals surface area contributed by atoms with Gasteiger partial charge in [0.05, 0.1) is 7.11 Å². The third-order valence-electron chi connectivity index (χ3n) is 3.16. The minimum Gasteiger partial charge on any atom is -0.481 e. The number of nitrogens with zero attached hydrogens (tertiary/aromatic N) is 2. The summed E-state index contributed by atoms with van der Waals surface area (Å²) < 4.78 is 5.32. The maximum Gasteiger partial charge on any atom is 0.218 e. The van der Waals surface area contributed by atoms with Gasteiger partial charge >= 0.3 is 0 Å². The Kier molecular flexibility index (Phi) is 4.82. The average Bonchev–Trinajstić information content (AvgIpc) is 2.48. The first-order valence-corrected chi connectivity index (χ1v) is 6.83. The number of ether oxygens (including phenoxy) is 1. The molecule has 0 aliphatic carbocycles. The van der Waals surface area contributed by atoms with Crippen LogP contribution in [0.1, 0.15) is 18.9 Å². The van der Waals surface area contributed by atoms with Gasteiger partial charge in [-0.1, -0.05) is 13.0 Å². The summed E-state index contributed by atoms with van der Waals surface area (Å²) in [5, 5.41) is 0. The first-order chi connectivity index (χ1) is 9.74. The van der Waals surface area contributed by atoms with Crippen molar-refractivity contribution in [3.63, 3.8) is 0 Å². The highest BCUT2D eigenvalue weighted by Crippen LogP contribution is 2.22. The molecule has 0 fully saturated rings. The van der Waals surface area contributed by atoms with Gasteiger partial charge in [0, 0.05) is 36.2 Å². The third kappa shape index (κ3) is 3.41. The molecule has 2 aromatic rings. The highest BCUT2D eigenvalue weighted by atomic mass is 16.5. The molecule has 106 valence electrons. The minimum atomic E-state index is 0.684. The number of hydrogen-bond donors (Lipinski definition) is 1. The van der Waals surface area contributed by atoms with Crippen molar-refractivity contribution in [2.75, 3.05) is 24.3 Å². The Bertz CT molecular complexity index is 540. The molecule has 0 aliphatic rings. The van der Waals surface area contributed by atoms with Crippen LogP contribution in [0.25, 0.3) is 0 Å². The molecule has 20 heavy (non-hydrogen) atoms. The standard InChI is InChI=1S/C16H21N3O/c1-3-11-19(15-8-6-14(17)7-9-15)12-13-5-4-10-18-16(13)20-2/h4-10H,3,11-12,17H2,1-2H3. The highest BCUT2D eigenvalue weighted by Gasteiger charge is 2.10. The molecule has 0 saturated heterocycles. The van der Waals surface area contributed by atoms with Crippen LogP contribution in [0.3, 0.4) is 0 Å². The molecular formula is C16H21N3O. The van der Waals surface area contributed by atoms with Crippen LogP contribution in [0.4, 0.5) is 11.4 Å². The summed E-state index contributed by atoms with van der Waals surface area (Å²) in [5.74, 6) is 0.684. The van der Waals surface area contributed by atoms with Gasteiger partial charge < -0.3 is 15.4 Å². The van der Waals surface area contributed by atoms with Crippen molar-refractivity contribution in [3.05, 3.63) is 48.2 Å². The van der Waals surface area contributed by atoms with Crippen molar-refractivity contribution in [1.29, 1.82) is 0 Å². The summed E-state index contributed by atoms with van der Waals surface area (Å²) in [5.41, 5.74) is 8.77. The van der Waals surface area contributed by atoms with Crippen molar-refractivity contribution >= 4 is 11.4 Å². The number of rotatable bonds is 6. The third-order valence-corrected chi connectivity index (χ3v) is 3.16. The zero-order valence-electron chi connectivity index (χ0n) is 12.0. The number of pyridine rings is 1. The highest BCUT2D eigenvalue weighted by molar-refractivity contribution is 5.53. The molecule has 0 spiro atoms. The number of methoxy groups -OCH3 is 1. The van der Waals surface area contributed by atoms with Crippen molar-refractivity contribution in [2.24, 2.45) is 0 Å². The van der Waals surface area contributed by atoms with Gasteiger partial charge in [0.2, 0.25) is 5.88 Å². The number of benzene rings is 1. The second kappa shape index (κ2) is 6.80. The second-order valence-electron chi connectivity index (χ2n) is 4.68. The van der Waals surface area contributed by atoms with E-state index in [1.54, 1.807) is 13.3 Å². The largest absolute Gasteiger partial charge is 0.481 e. The fourth-order valence-corrected chi connectivity index (χ4v) is 2.19. The van der Waals surface area contributed by atoms with E-state index < -0.39 is 0 Å². The zero-order valence-corrected chi connectivity index (χ0v) is 12.0. The van der Waals surface area contributed by atoms with Crippen LogP contribution in [-0.2, 0) is 6.54 Å². The number of nitrogens with two attached hydrogens (primary N) is 1. The summed E-state index contributed by atoms with van der Waals surface area (Å²) in [6, 6.07) is 11.9. The van der Waals surface area contributed by atoms with Crippen molar-refractivity contribution in [2.45, 2.75) is 19.9 Å². The van der Waals surface area contributed by atoms with Crippen molar-refractivity contribution in [3.8, 4) is 5.88 Å². The van der Waals surface area contributed by atoms with E-state index in [-0.39, 0.29) is 0 Å². The van der Waals surface area contributed by atoms with Crippen LogP contribution in [0.5, 0.6) is 5.88 Å². The van der Waals surface area contributed by atoms with Gasteiger partial charge in [0.25, 0.3) is 0 Å². The molecular weight excluding hydrogens is 250 g/mol. The summed E-state index contributed by atoms with van der Waals surface area (Å²) in [7, 11) is 1.65. The molecule has 2 rings (SSSR count). The lowest BCUT2D eigenvalue weighted by molar-refractivity contribution is 0.392. The molecule has 0 unspecified atom stereocenters. The summed E-state index contributed by atoms with van der Waals surface area (Å²) in [6.45, 7) is 3.92. The maximum absolute atomic E-state index is 5.75. The predicted molar refractivity (Wildman–Crippen MR) is 83.0 cm³/mol. The monoisotopic (exact) mass is 271 g/mol. The van der Waals surface area contributed by atoms with Crippen LogP contribution in [0, 0.1) is 0 Å². The lowest BCUT2D eigenvalue weighted by Gasteiger charge is -2.25. The van der Waals surface area contributed by atoms with E-state index in [9.17, 15) is 0 Å². The molecule has 1 aromatic heterocycles. The predicted octanol–water partition coefficient (Wildman–Crippen LogP) is 3.09. The summed E-state index contributed by atoms with van der Waals surface area (Å²) in [4.78, 5) is 6.55. The van der Waals surface area contributed by atoms with Gasteiger partial charge in [-0.2, -0.15) is 0 Å². The van der Waals surface area contributed by atoms with Crippen LogP contribution < -0.4 is 15.4 Å². The Morgan fingerprint density at radius 2 is 1.95 bits per heavy atom. The van der Waals surface area contributed by atoms with Crippen molar-refractivity contribution in [1.82, 2.24) is 4.98 Å². The van der Waals surface area contributed by atoms with E-state index in [0.29, 0.717) is 5.88 Å². The molecule has 1 heterocycles. The topological polar surface area (TPSA) is 51.4 Å².